The van der Waals surface area contributed by atoms with Crippen molar-refractivity contribution >= 4 is 32.6 Å². The molecule has 0 fully saturated rings. The molecule has 0 aliphatic heterocycles. The van der Waals surface area contributed by atoms with E-state index in [1.807, 2.05) is 6.07 Å². The number of anilines is 1. The van der Waals surface area contributed by atoms with Crippen LogP contribution in [0.1, 0.15) is 15.9 Å². The molecule has 23 heavy (non-hydrogen) atoms. The van der Waals surface area contributed by atoms with Crippen LogP contribution in [-0.4, -0.2) is 18.0 Å². The number of carbonyl (C=O) groups excluding carboxylic acids is 1. The molecule has 0 saturated carbocycles. The number of amides is 1. The average Bonchev–Trinajstić information content (AvgIpc) is 2.96. The summed E-state index contributed by atoms with van der Waals surface area (Å²) in [7, 11) is 1.58. The molecule has 0 saturated heterocycles. The number of nitrogens with zero attached hydrogens (tertiary/aromatic N) is 2. The first kappa shape index (κ1) is 14.9. The van der Waals surface area contributed by atoms with Crippen LogP contribution in [-0.2, 0) is 0 Å². The predicted molar refractivity (Wildman–Crippen MR) is 85.2 cm³/mol. The number of ether oxygens (including phenoxy) is 1. The summed E-state index contributed by atoms with van der Waals surface area (Å²) in [4.78, 5) is 16.5. The average molecular weight is 327 g/mol. The number of carbonyl (C=O) groups is 1. The summed E-state index contributed by atoms with van der Waals surface area (Å²) in [5.41, 5.74) is 0.759. The number of methoxy groups -OCH3 is 1. The van der Waals surface area contributed by atoms with Gasteiger partial charge in [-0.15, -0.1) is 0 Å². The summed E-state index contributed by atoms with van der Waals surface area (Å²) >= 11 is 1.30. The Hall–Kier alpha value is -2.98. The lowest BCUT2D eigenvalue weighted by molar-refractivity contribution is 0.102. The molecule has 0 bridgehead atoms. The van der Waals surface area contributed by atoms with Crippen LogP contribution in [0.5, 0.6) is 5.75 Å². The summed E-state index contributed by atoms with van der Waals surface area (Å²) in [6.45, 7) is 0. The molecule has 0 aliphatic rings. The number of fused-ring (bicyclic) bond motifs is 1. The van der Waals surface area contributed by atoms with Gasteiger partial charge in [0.25, 0.3) is 5.91 Å². The number of hydrogen-bond acceptors (Lipinski definition) is 5. The van der Waals surface area contributed by atoms with Gasteiger partial charge < -0.3 is 4.74 Å². The molecule has 0 unspecified atom stereocenters. The Balaban J connectivity index is 1.86. The Morgan fingerprint density at radius 3 is 2.91 bits per heavy atom. The molecule has 1 amide bonds. The van der Waals surface area contributed by atoms with E-state index < -0.39 is 11.7 Å². The zero-order valence-corrected chi connectivity index (χ0v) is 12.8. The Bertz CT molecular complexity index is 946. The Morgan fingerprint density at radius 1 is 1.35 bits per heavy atom. The third kappa shape index (κ3) is 2.98. The van der Waals surface area contributed by atoms with Gasteiger partial charge in [0.15, 0.2) is 5.13 Å². The van der Waals surface area contributed by atoms with Crippen molar-refractivity contribution in [2.45, 2.75) is 0 Å². The van der Waals surface area contributed by atoms with Gasteiger partial charge >= 0.3 is 0 Å². The molecule has 1 aromatic heterocycles. The van der Waals surface area contributed by atoms with Crippen LogP contribution in [0.2, 0.25) is 0 Å². The van der Waals surface area contributed by atoms with Crippen molar-refractivity contribution < 1.29 is 13.9 Å². The topological polar surface area (TPSA) is 75.0 Å². The van der Waals surface area contributed by atoms with Crippen molar-refractivity contribution in [3.05, 3.63) is 53.3 Å². The maximum Gasteiger partial charge on any atom is 0.257 e. The smallest absolute Gasteiger partial charge is 0.257 e. The highest BCUT2D eigenvalue weighted by Gasteiger charge is 2.12. The van der Waals surface area contributed by atoms with E-state index in [4.69, 9.17) is 10.00 Å². The van der Waals surface area contributed by atoms with Crippen molar-refractivity contribution in [2.75, 3.05) is 12.4 Å². The van der Waals surface area contributed by atoms with Gasteiger partial charge in [-0.05, 0) is 36.4 Å². The molecule has 3 aromatic rings. The first-order valence-electron chi connectivity index (χ1n) is 6.56. The van der Waals surface area contributed by atoms with Gasteiger partial charge in [-0.3, -0.25) is 10.1 Å². The van der Waals surface area contributed by atoms with Crippen molar-refractivity contribution in [3.8, 4) is 11.8 Å². The Labute approximate surface area is 135 Å². The molecule has 1 heterocycles. The minimum Gasteiger partial charge on any atom is -0.497 e. The van der Waals surface area contributed by atoms with E-state index in [0.29, 0.717) is 10.9 Å². The Morgan fingerprint density at radius 2 is 2.17 bits per heavy atom. The molecular formula is C16H10FN3O2S. The normalized spacial score (nSPS) is 10.3. The van der Waals surface area contributed by atoms with Crippen LogP contribution in [0.15, 0.2) is 36.4 Å². The van der Waals surface area contributed by atoms with Crippen LogP contribution in [0.25, 0.3) is 10.2 Å². The second kappa shape index (κ2) is 6.02. The number of nitriles is 1. The van der Waals surface area contributed by atoms with E-state index in [1.54, 1.807) is 25.3 Å². The molecule has 0 radical (unpaired) electrons. The number of thiazole rings is 1. The van der Waals surface area contributed by atoms with Crippen LogP contribution in [0.4, 0.5) is 9.52 Å². The van der Waals surface area contributed by atoms with Crippen molar-refractivity contribution in [3.63, 3.8) is 0 Å². The largest absolute Gasteiger partial charge is 0.497 e. The lowest BCUT2D eigenvalue weighted by atomic mass is 10.1. The molecule has 0 aliphatic carbocycles. The molecule has 114 valence electrons. The van der Waals surface area contributed by atoms with Gasteiger partial charge in [0.1, 0.15) is 17.6 Å². The third-order valence-electron chi connectivity index (χ3n) is 3.17. The molecule has 0 spiro atoms. The molecule has 2 aromatic carbocycles. The maximum atomic E-state index is 13.3. The fourth-order valence-electron chi connectivity index (χ4n) is 2.01. The first-order chi connectivity index (χ1) is 11.1. The molecular weight excluding hydrogens is 317 g/mol. The summed E-state index contributed by atoms with van der Waals surface area (Å²) < 4.78 is 19.3. The number of benzene rings is 2. The second-order valence-corrected chi connectivity index (χ2v) is 5.64. The summed E-state index contributed by atoms with van der Waals surface area (Å²) in [5.74, 6) is -0.403. The molecule has 3 rings (SSSR count). The van der Waals surface area contributed by atoms with Gasteiger partial charge in [-0.1, -0.05) is 11.3 Å². The van der Waals surface area contributed by atoms with Crippen molar-refractivity contribution in [2.24, 2.45) is 0 Å². The summed E-state index contributed by atoms with van der Waals surface area (Å²) in [6.07, 6.45) is 0. The number of rotatable bonds is 3. The fraction of sp³-hybridized carbons (Fsp3) is 0.0625. The van der Waals surface area contributed by atoms with Crippen LogP contribution in [0, 0.1) is 17.1 Å². The lowest BCUT2D eigenvalue weighted by Gasteiger charge is -2.02. The fourth-order valence-corrected chi connectivity index (χ4v) is 2.90. The number of hydrogen-bond donors (Lipinski definition) is 1. The van der Waals surface area contributed by atoms with Crippen LogP contribution < -0.4 is 10.1 Å². The van der Waals surface area contributed by atoms with Gasteiger partial charge in [0.2, 0.25) is 0 Å². The predicted octanol–water partition coefficient (Wildman–Crippen LogP) is 3.57. The molecule has 1 N–H and O–H groups in total. The minimum absolute atomic E-state index is 0.174. The highest BCUT2D eigenvalue weighted by Crippen LogP contribution is 2.29. The minimum atomic E-state index is -0.656. The first-order valence-corrected chi connectivity index (χ1v) is 7.38. The maximum absolute atomic E-state index is 13.3. The standard InChI is InChI=1S/C16H10FN3O2S/c1-22-11-3-5-13-14(7-11)23-16(19-13)20-15(21)9-2-4-12(17)10(6-9)8-18/h2-7H,1H3,(H,19,20,21). The zero-order chi connectivity index (χ0) is 16.4. The molecule has 5 nitrogen and oxygen atoms in total. The number of halogens is 1. The van der Waals surface area contributed by atoms with E-state index in [1.165, 1.54) is 23.5 Å². The monoisotopic (exact) mass is 327 g/mol. The lowest BCUT2D eigenvalue weighted by Crippen LogP contribution is -2.12. The van der Waals surface area contributed by atoms with Crippen molar-refractivity contribution in [1.82, 2.24) is 4.98 Å². The highest BCUT2D eigenvalue weighted by atomic mass is 32.1. The summed E-state index contributed by atoms with van der Waals surface area (Å²) in [5, 5.41) is 11.9. The van der Waals surface area contributed by atoms with Gasteiger partial charge in [0.05, 0.1) is 22.9 Å². The molecule has 7 heteroatoms. The van der Waals surface area contributed by atoms with E-state index in [-0.39, 0.29) is 11.1 Å². The SMILES string of the molecule is COc1ccc2nc(NC(=O)c3ccc(F)c(C#N)c3)sc2c1. The van der Waals surface area contributed by atoms with E-state index >= 15 is 0 Å². The number of nitrogens with one attached hydrogen (secondary N) is 1. The van der Waals surface area contributed by atoms with Crippen molar-refractivity contribution in [1.29, 1.82) is 5.26 Å². The second-order valence-electron chi connectivity index (χ2n) is 4.61. The quantitative estimate of drug-likeness (QED) is 0.798. The van der Waals surface area contributed by atoms with Crippen LogP contribution >= 0.6 is 11.3 Å². The van der Waals surface area contributed by atoms with E-state index in [0.717, 1.165) is 16.3 Å². The highest BCUT2D eigenvalue weighted by molar-refractivity contribution is 7.22. The van der Waals surface area contributed by atoms with Gasteiger partial charge in [-0.25, -0.2) is 9.37 Å². The Kier molecular flexibility index (Phi) is 3.91. The summed E-state index contributed by atoms with van der Waals surface area (Å²) in [6, 6.07) is 10.7. The van der Waals surface area contributed by atoms with Crippen LogP contribution in [0.3, 0.4) is 0 Å². The zero-order valence-electron chi connectivity index (χ0n) is 12.0. The third-order valence-corrected chi connectivity index (χ3v) is 4.10. The van der Waals surface area contributed by atoms with Gasteiger partial charge in [-0.2, -0.15) is 5.26 Å². The van der Waals surface area contributed by atoms with E-state index in [9.17, 15) is 9.18 Å². The van der Waals surface area contributed by atoms with Gasteiger partial charge in [0, 0.05) is 5.56 Å². The number of aromatic nitrogens is 1. The van der Waals surface area contributed by atoms with E-state index in [2.05, 4.69) is 10.3 Å². The molecule has 0 atom stereocenters.